The zero-order valence-electron chi connectivity index (χ0n) is 13.9. The number of nitrogens with one attached hydrogen (secondary N) is 1. The highest BCUT2D eigenvalue weighted by molar-refractivity contribution is 6.32. The topological polar surface area (TPSA) is 24.5 Å². The van der Waals surface area contributed by atoms with E-state index in [9.17, 15) is 4.39 Å². The molecule has 1 N–H and O–H groups in total. The molecule has 0 spiro atoms. The highest BCUT2D eigenvalue weighted by atomic mass is 35.5. The second kappa shape index (κ2) is 11.9. The smallest absolute Gasteiger partial charge is 0.173 e. The maximum Gasteiger partial charge on any atom is 0.173 e. The van der Waals surface area contributed by atoms with Gasteiger partial charge in [0.15, 0.2) is 11.6 Å². The first-order valence-corrected chi connectivity index (χ1v) is 8.22. The van der Waals surface area contributed by atoms with Crippen molar-refractivity contribution in [1.29, 1.82) is 0 Å². The average Bonchev–Trinajstić information content (AvgIpc) is 2.52. The third-order valence-corrected chi connectivity index (χ3v) is 4.21. The van der Waals surface area contributed by atoms with E-state index in [2.05, 4.69) is 16.8 Å². The van der Waals surface area contributed by atoms with E-state index in [4.69, 9.17) is 16.3 Å². The van der Waals surface area contributed by atoms with E-state index in [0.717, 1.165) is 44.6 Å². The lowest BCUT2D eigenvalue weighted by molar-refractivity contribution is 0.165. The number of hydrogen-bond donors (Lipinski definition) is 1. The van der Waals surface area contributed by atoms with Crippen molar-refractivity contribution >= 4 is 36.4 Å². The van der Waals surface area contributed by atoms with E-state index in [0.29, 0.717) is 11.6 Å². The number of benzene rings is 1. The Balaban J connectivity index is 0.00000264. The van der Waals surface area contributed by atoms with Gasteiger partial charge in [-0.15, -0.1) is 31.4 Å². The summed E-state index contributed by atoms with van der Waals surface area (Å²) in [5.74, 6) is -0.237. The van der Waals surface area contributed by atoms with Crippen molar-refractivity contribution < 1.29 is 9.13 Å². The molecule has 0 radical (unpaired) electrons. The lowest BCUT2D eigenvalue weighted by atomic mass is 9.99. The zero-order valence-corrected chi connectivity index (χ0v) is 16.3. The van der Waals surface area contributed by atoms with E-state index in [1.807, 2.05) is 19.1 Å². The lowest BCUT2D eigenvalue weighted by Gasteiger charge is -2.35. The molecule has 1 aliphatic heterocycles. The number of halogens is 4. The van der Waals surface area contributed by atoms with Gasteiger partial charge in [-0.25, -0.2) is 4.39 Å². The summed E-state index contributed by atoms with van der Waals surface area (Å²) in [6.07, 6.45) is 3.70. The van der Waals surface area contributed by atoms with Gasteiger partial charge in [-0.1, -0.05) is 17.7 Å². The fourth-order valence-corrected chi connectivity index (χ4v) is 3.15. The molecule has 138 valence electrons. The third kappa shape index (κ3) is 6.08. The van der Waals surface area contributed by atoms with Gasteiger partial charge in [0.1, 0.15) is 0 Å². The van der Waals surface area contributed by atoms with Crippen LogP contribution >= 0.6 is 36.4 Å². The molecule has 0 aromatic heterocycles. The summed E-state index contributed by atoms with van der Waals surface area (Å²) in [6, 6.07) is 3.56. The number of rotatable bonds is 7. The molecule has 0 saturated carbocycles. The minimum atomic E-state index is -0.386. The molecule has 7 heteroatoms. The van der Waals surface area contributed by atoms with Crippen LogP contribution in [0.2, 0.25) is 5.02 Å². The fourth-order valence-electron chi connectivity index (χ4n) is 2.88. The highest BCUT2D eigenvalue weighted by Gasteiger charge is 2.24. The van der Waals surface area contributed by atoms with E-state index in [1.54, 1.807) is 6.07 Å². The molecule has 1 heterocycles. The molecule has 1 aliphatic rings. The number of piperazine rings is 1. The van der Waals surface area contributed by atoms with Crippen molar-refractivity contribution in [3.63, 3.8) is 0 Å². The second-order valence-corrected chi connectivity index (χ2v) is 5.82. The SMILES string of the molecule is C=CCC[C@H](c1cc(F)c(OCC)c(Cl)c1)N1CCNCC1.Cl.Cl. The normalized spacial score (nSPS) is 15.8. The van der Waals surface area contributed by atoms with Gasteiger partial charge in [-0.05, 0) is 37.5 Å². The summed E-state index contributed by atoms with van der Waals surface area (Å²) >= 11 is 6.21. The first kappa shape index (κ1) is 23.5. The van der Waals surface area contributed by atoms with Crippen LogP contribution in [-0.2, 0) is 0 Å². The Morgan fingerprint density at radius 1 is 1.38 bits per heavy atom. The van der Waals surface area contributed by atoms with E-state index in [1.165, 1.54) is 0 Å². The Labute approximate surface area is 161 Å². The Morgan fingerprint density at radius 2 is 2.04 bits per heavy atom. The van der Waals surface area contributed by atoms with Gasteiger partial charge in [-0.2, -0.15) is 0 Å². The standard InChI is InChI=1S/C17H24ClFN2O.2ClH/c1-3-5-6-16(21-9-7-20-8-10-21)13-11-14(18)17(22-4-2)15(19)12-13;;/h3,11-12,16,20H,1,4-10H2,2H3;2*1H/t16-;;/m1../s1. The van der Waals surface area contributed by atoms with Crippen LogP contribution in [0.5, 0.6) is 5.75 Å². The minimum absolute atomic E-state index is 0. The Morgan fingerprint density at radius 3 is 2.58 bits per heavy atom. The Hall–Kier alpha value is -0.520. The summed E-state index contributed by atoms with van der Waals surface area (Å²) < 4.78 is 19.6. The van der Waals surface area contributed by atoms with Crippen LogP contribution in [0.25, 0.3) is 0 Å². The summed E-state index contributed by atoms with van der Waals surface area (Å²) in [5.41, 5.74) is 0.912. The number of nitrogens with zero attached hydrogens (tertiary/aromatic N) is 1. The van der Waals surface area contributed by atoms with Gasteiger partial charge >= 0.3 is 0 Å². The van der Waals surface area contributed by atoms with Crippen LogP contribution in [0.15, 0.2) is 24.8 Å². The predicted octanol–water partition coefficient (Wildman–Crippen LogP) is 4.63. The van der Waals surface area contributed by atoms with Crippen molar-refractivity contribution in [2.75, 3.05) is 32.8 Å². The molecule has 1 saturated heterocycles. The molecule has 0 unspecified atom stereocenters. The lowest BCUT2D eigenvalue weighted by Crippen LogP contribution is -2.45. The van der Waals surface area contributed by atoms with Crippen LogP contribution in [0, 0.1) is 5.82 Å². The van der Waals surface area contributed by atoms with E-state index >= 15 is 0 Å². The van der Waals surface area contributed by atoms with Crippen molar-refractivity contribution in [3.8, 4) is 5.75 Å². The van der Waals surface area contributed by atoms with Crippen LogP contribution < -0.4 is 10.1 Å². The molecule has 2 rings (SSSR count). The summed E-state index contributed by atoms with van der Waals surface area (Å²) in [6.45, 7) is 9.82. The summed E-state index contributed by atoms with van der Waals surface area (Å²) in [5, 5.41) is 3.69. The van der Waals surface area contributed by atoms with E-state index < -0.39 is 0 Å². The van der Waals surface area contributed by atoms with Crippen LogP contribution in [0.3, 0.4) is 0 Å². The van der Waals surface area contributed by atoms with Crippen molar-refractivity contribution in [2.24, 2.45) is 0 Å². The average molecular weight is 400 g/mol. The second-order valence-electron chi connectivity index (χ2n) is 5.41. The summed E-state index contributed by atoms with van der Waals surface area (Å²) in [7, 11) is 0. The van der Waals surface area contributed by atoms with Gasteiger partial charge in [0.25, 0.3) is 0 Å². The first-order chi connectivity index (χ1) is 10.7. The zero-order chi connectivity index (χ0) is 15.9. The van der Waals surface area contributed by atoms with Gasteiger partial charge in [-0.3, -0.25) is 4.90 Å². The largest absolute Gasteiger partial charge is 0.489 e. The number of hydrogen-bond acceptors (Lipinski definition) is 3. The molecule has 1 aromatic carbocycles. The highest BCUT2D eigenvalue weighted by Crippen LogP contribution is 2.35. The molecule has 0 bridgehead atoms. The summed E-state index contributed by atoms with van der Waals surface area (Å²) in [4.78, 5) is 2.38. The molecule has 24 heavy (non-hydrogen) atoms. The molecular weight excluding hydrogens is 374 g/mol. The predicted molar refractivity (Wildman–Crippen MR) is 104 cm³/mol. The van der Waals surface area contributed by atoms with Crippen molar-refractivity contribution in [3.05, 3.63) is 41.2 Å². The first-order valence-electron chi connectivity index (χ1n) is 7.84. The van der Waals surface area contributed by atoms with Crippen LogP contribution in [-0.4, -0.2) is 37.7 Å². The molecule has 1 atom stereocenters. The molecular formula is C17H26Cl3FN2O. The van der Waals surface area contributed by atoms with Gasteiger partial charge in [0.2, 0.25) is 0 Å². The number of ether oxygens (including phenoxy) is 1. The van der Waals surface area contributed by atoms with Crippen molar-refractivity contribution in [2.45, 2.75) is 25.8 Å². The van der Waals surface area contributed by atoms with Crippen LogP contribution in [0.1, 0.15) is 31.4 Å². The minimum Gasteiger partial charge on any atom is -0.489 e. The maximum atomic E-state index is 14.3. The molecule has 1 fully saturated rings. The fraction of sp³-hybridized carbons (Fsp3) is 0.529. The van der Waals surface area contributed by atoms with Gasteiger partial charge in [0.05, 0.1) is 11.6 Å². The molecule has 3 nitrogen and oxygen atoms in total. The molecule has 0 aliphatic carbocycles. The molecule has 0 amide bonds. The quantitative estimate of drug-likeness (QED) is 0.676. The monoisotopic (exact) mass is 398 g/mol. The number of allylic oxidation sites excluding steroid dienone is 1. The third-order valence-electron chi connectivity index (χ3n) is 3.93. The van der Waals surface area contributed by atoms with Gasteiger partial charge in [0, 0.05) is 32.2 Å². The molecule has 1 aromatic rings. The van der Waals surface area contributed by atoms with Gasteiger partial charge < -0.3 is 10.1 Å². The Bertz CT molecular complexity index is 488. The van der Waals surface area contributed by atoms with Crippen LogP contribution in [0.4, 0.5) is 4.39 Å². The Kier molecular flexibility index (Phi) is 11.7. The maximum absolute atomic E-state index is 14.3. The van der Waals surface area contributed by atoms with Crippen molar-refractivity contribution in [1.82, 2.24) is 10.2 Å². The van der Waals surface area contributed by atoms with E-state index in [-0.39, 0.29) is 42.4 Å².